The minimum absolute atomic E-state index is 0.0247. The van der Waals surface area contributed by atoms with Crippen LogP contribution in [-0.2, 0) is 28.4 Å². The Labute approximate surface area is 223 Å². The zero-order chi connectivity index (χ0) is 28.6. The number of benzene rings is 3. The molecule has 0 saturated carbocycles. The molecule has 3 aromatic rings. The van der Waals surface area contributed by atoms with Crippen LogP contribution in [-0.4, -0.2) is 48.7 Å². The quantitative estimate of drug-likeness (QED) is 0.144. The average Bonchev–Trinajstić information content (AvgIpc) is 2.93. The Morgan fingerprint density at radius 3 is 1.64 bits per heavy atom. The molecule has 204 valence electrons. The summed E-state index contributed by atoms with van der Waals surface area (Å²) in [7, 11) is -2.77. The Morgan fingerprint density at radius 1 is 0.795 bits per heavy atom. The van der Waals surface area contributed by atoms with Crippen molar-refractivity contribution < 1.29 is 42.4 Å². The van der Waals surface area contributed by atoms with Crippen molar-refractivity contribution in [1.29, 1.82) is 0 Å². The summed E-state index contributed by atoms with van der Waals surface area (Å²) >= 11 is 0. The van der Waals surface area contributed by atoms with E-state index < -0.39 is 42.1 Å². The van der Waals surface area contributed by atoms with Crippen LogP contribution in [0.2, 0.25) is 0 Å². The van der Waals surface area contributed by atoms with Gasteiger partial charge in [0, 0.05) is 24.7 Å². The standard InChI is InChI=1S/C26H25N2O10P/c1-18(29)27(19-14-16-20(17-15-19)28(32)33)23(25(30)35-2)24(26(31)36-3)39(34,37-21-10-6-4-7-11-21)38-22-12-8-5-9-13-22/h4-17,23-24H,1-3H3/t23-,24-/m1/s1. The first-order valence-electron chi connectivity index (χ1n) is 11.4. The Hall–Kier alpha value is -4.70. The lowest BCUT2D eigenvalue weighted by molar-refractivity contribution is -0.384. The van der Waals surface area contributed by atoms with Gasteiger partial charge in [-0.25, -0.2) is 9.36 Å². The number of hydrogen-bond donors (Lipinski definition) is 0. The van der Waals surface area contributed by atoms with Crippen LogP contribution < -0.4 is 13.9 Å². The summed E-state index contributed by atoms with van der Waals surface area (Å²) in [6.45, 7) is 1.09. The number of nitrogens with zero attached hydrogens (tertiary/aromatic N) is 2. The van der Waals surface area contributed by atoms with Crippen LogP contribution in [0.1, 0.15) is 6.92 Å². The van der Waals surface area contributed by atoms with Gasteiger partial charge in [-0.15, -0.1) is 0 Å². The zero-order valence-electron chi connectivity index (χ0n) is 21.2. The molecule has 2 atom stereocenters. The molecule has 0 bridgehead atoms. The fraction of sp³-hybridized carbons (Fsp3) is 0.192. The molecule has 0 N–H and O–H groups in total. The lowest BCUT2D eigenvalue weighted by Crippen LogP contribution is -2.55. The van der Waals surface area contributed by atoms with Gasteiger partial charge in [0.25, 0.3) is 5.69 Å². The van der Waals surface area contributed by atoms with Crippen molar-refractivity contribution in [3.05, 3.63) is 95.0 Å². The third kappa shape index (κ3) is 6.79. The van der Waals surface area contributed by atoms with E-state index in [1.165, 1.54) is 36.4 Å². The SMILES string of the molecule is COC(=O)[C@@H]([C@H](C(=O)OC)P(=O)(Oc1ccccc1)Oc1ccccc1)N(C(C)=O)c1ccc([N+](=O)[O-])cc1. The predicted octanol–water partition coefficient (Wildman–Crippen LogP) is 4.38. The van der Waals surface area contributed by atoms with E-state index in [1.54, 1.807) is 36.4 Å². The third-order valence-corrected chi connectivity index (χ3v) is 7.54. The van der Waals surface area contributed by atoms with E-state index in [0.717, 1.165) is 38.2 Å². The van der Waals surface area contributed by atoms with E-state index in [1.807, 2.05) is 0 Å². The lowest BCUT2D eigenvalue weighted by atomic mass is 10.1. The summed E-state index contributed by atoms with van der Waals surface area (Å²) < 4.78 is 36.0. The fourth-order valence-corrected chi connectivity index (χ4v) is 5.77. The van der Waals surface area contributed by atoms with Gasteiger partial charge in [0.15, 0.2) is 6.04 Å². The number of rotatable bonds is 11. The van der Waals surface area contributed by atoms with Crippen molar-refractivity contribution >= 4 is 36.8 Å². The summed E-state index contributed by atoms with van der Waals surface area (Å²) in [5.41, 5.74) is -2.37. The van der Waals surface area contributed by atoms with Crippen molar-refractivity contribution in [2.75, 3.05) is 19.1 Å². The summed E-state index contributed by atoms with van der Waals surface area (Å²) in [5, 5.41) is 11.1. The minimum Gasteiger partial charge on any atom is -0.468 e. The van der Waals surface area contributed by atoms with Crippen molar-refractivity contribution in [1.82, 2.24) is 0 Å². The van der Waals surface area contributed by atoms with E-state index in [0.29, 0.717) is 0 Å². The highest BCUT2D eigenvalue weighted by atomic mass is 31.2. The van der Waals surface area contributed by atoms with Gasteiger partial charge in [0.1, 0.15) is 11.5 Å². The Morgan fingerprint density at radius 2 is 1.26 bits per heavy atom. The first-order valence-corrected chi connectivity index (χ1v) is 13.0. The Bertz CT molecular complexity index is 1320. The maximum absolute atomic E-state index is 14.6. The highest BCUT2D eigenvalue weighted by Gasteiger charge is 2.56. The third-order valence-electron chi connectivity index (χ3n) is 5.43. The molecule has 3 rings (SSSR count). The van der Waals surface area contributed by atoms with E-state index in [4.69, 9.17) is 18.5 Å². The number of hydrogen-bond acceptors (Lipinski definition) is 10. The summed E-state index contributed by atoms with van der Waals surface area (Å²) in [4.78, 5) is 50.8. The first kappa shape index (κ1) is 28.9. The number of nitro benzene ring substituents is 1. The molecule has 0 aromatic heterocycles. The normalized spacial score (nSPS) is 12.4. The number of ether oxygens (including phenoxy) is 2. The van der Waals surface area contributed by atoms with Crippen molar-refractivity contribution in [3.63, 3.8) is 0 Å². The number of amides is 1. The molecule has 0 aliphatic rings. The highest BCUT2D eigenvalue weighted by molar-refractivity contribution is 7.56. The van der Waals surface area contributed by atoms with Gasteiger partial charge in [0.05, 0.1) is 19.1 Å². The molecule has 0 aliphatic heterocycles. The van der Waals surface area contributed by atoms with E-state index in [2.05, 4.69) is 0 Å². The molecule has 0 aliphatic carbocycles. The fourth-order valence-electron chi connectivity index (χ4n) is 3.71. The summed E-state index contributed by atoms with van der Waals surface area (Å²) in [5.74, 6) is -3.04. The molecule has 12 nitrogen and oxygen atoms in total. The number of nitro groups is 1. The molecule has 1 amide bonds. The van der Waals surface area contributed by atoms with E-state index in [-0.39, 0.29) is 22.9 Å². The van der Waals surface area contributed by atoms with Gasteiger partial charge in [-0.2, -0.15) is 0 Å². The molecule has 0 fully saturated rings. The van der Waals surface area contributed by atoms with Crippen LogP contribution in [0.15, 0.2) is 84.9 Å². The van der Waals surface area contributed by atoms with Crippen LogP contribution in [0.5, 0.6) is 11.5 Å². The maximum Gasteiger partial charge on any atom is 0.447 e. The second-order valence-electron chi connectivity index (χ2n) is 7.95. The second-order valence-corrected chi connectivity index (χ2v) is 9.95. The number of carbonyl (C=O) groups excluding carboxylic acids is 3. The van der Waals surface area contributed by atoms with Crippen LogP contribution in [0, 0.1) is 10.1 Å². The molecule has 39 heavy (non-hydrogen) atoms. The highest BCUT2D eigenvalue weighted by Crippen LogP contribution is 2.55. The zero-order valence-corrected chi connectivity index (χ0v) is 22.1. The number of esters is 2. The van der Waals surface area contributed by atoms with Crippen molar-refractivity contribution in [2.24, 2.45) is 0 Å². The topological polar surface area (TPSA) is 152 Å². The number of anilines is 1. The van der Waals surface area contributed by atoms with Crippen molar-refractivity contribution in [2.45, 2.75) is 18.6 Å². The van der Waals surface area contributed by atoms with Gasteiger partial charge in [-0.1, -0.05) is 36.4 Å². The number of non-ortho nitro benzene ring substituents is 1. The summed E-state index contributed by atoms with van der Waals surface area (Å²) in [6, 6.07) is 18.2. The molecule has 13 heteroatoms. The number of methoxy groups -OCH3 is 2. The largest absolute Gasteiger partial charge is 0.468 e. The Kier molecular flexibility index (Phi) is 9.40. The van der Waals surface area contributed by atoms with Gasteiger partial charge in [-0.3, -0.25) is 24.6 Å². The molecular weight excluding hydrogens is 531 g/mol. The number of carbonyl (C=O) groups is 3. The van der Waals surface area contributed by atoms with Gasteiger partial charge in [0.2, 0.25) is 11.6 Å². The maximum atomic E-state index is 14.6. The molecule has 0 spiro atoms. The Balaban J connectivity index is 2.25. The van der Waals surface area contributed by atoms with Crippen LogP contribution in [0.4, 0.5) is 11.4 Å². The number of para-hydroxylation sites is 2. The van der Waals surface area contributed by atoms with Gasteiger partial charge < -0.3 is 18.5 Å². The van der Waals surface area contributed by atoms with Crippen LogP contribution in [0.25, 0.3) is 0 Å². The van der Waals surface area contributed by atoms with Crippen LogP contribution in [0.3, 0.4) is 0 Å². The molecule has 3 aromatic carbocycles. The molecule has 0 unspecified atom stereocenters. The van der Waals surface area contributed by atoms with Crippen LogP contribution >= 0.6 is 7.60 Å². The molecule has 0 radical (unpaired) electrons. The average molecular weight is 556 g/mol. The lowest BCUT2D eigenvalue weighted by Gasteiger charge is -2.35. The smallest absolute Gasteiger partial charge is 0.447 e. The minimum atomic E-state index is -4.79. The van der Waals surface area contributed by atoms with Crippen molar-refractivity contribution in [3.8, 4) is 11.5 Å². The van der Waals surface area contributed by atoms with Gasteiger partial charge in [-0.05, 0) is 36.4 Å². The second kappa shape index (κ2) is 12.7. The summed E-state index contributed by atoms with van der Waals surface area (Å²) in [6.07, 6.45) is 0. The molecular formula is C26H25N2O10P. The van der Waals surface area contributed by atoms with E-state index in [9.17, 15) is 29.1 Å². The molecule has 0 heterocycles. The predicted molar refractivity (Wildman–Crippen MR) is 140 cm³/mol. The first-order chi connectivity index (χ1) is 18.6. The van der Waals surface area contributed by atoms with Gasteiger partial charge >= 0.3 is 19.5 Å². The van der Waals surface area contributed by atoms with E-state index >= 15 is 0 Å². The molecule has 0 saturated heterocycles. The monoisotopic (exact) mass is 556 g/mol.